The quantitative estimate of drug-likeness (QED) is 0.826. The number of rotatable bonds is 6. The van der Waals surface area contributed by atoms with Gasteiger partial charge in [0.15, 0.2) is 0 Å². The summed E-state index contributed by atoms with van der Waals surface area (Å²) in [5, 5.41) is 4.18. The highest BCUT2D eigenvalue weighted by molar-refractivity contribution is 6.30. The Bertz CT molecular complexity index is 520. The van der Waals surface area contributed by atoms with Gasteiger partial charge in [-0.05, 0) is 62.2 Å². The molecular weight excluding hydrogens is 270 g/mol. The molecule has 0 heterocycles. The van der Waals surface area contributed by atoms with Crippen molar-refractivity contribution in [1.29, 1.82) is 0 Å². The normalized spacial score (nSPS) is 10.6. The summed E-state index contributed by atoms with van der Waals surface area (Å²) in [7, 11) is 0. The molecule has 0 bridgehead atoms. The second kappa shape index (κ2) is 7.20. The van der Waals surface area contributed by atoms with Crippen LogP contribution in [0.5, 0.6) is 5.75 Å². The molecule has 2 aromatic carbocycles. The van der Waals surface area contributed by atoms with Crippen LogP contribution in [0.4, 0.5) is 5.69 Å². The standard InChI is InChI=1S/C17H20ClNO/c1-13(2)20-17-9-7-16(8-10-17)19-12-11-14-3-5-15(18)6-4-14/h3-10,13,19H,11-12H2,1-2H3. The zero-order valence-corrected chi connectivity index (χ0v) is 12.7. The van der Waals surface area contributed by atoms with Crippen LogP contribution in [0.3, 0.4) is 0 Å². The fourth-order valence-electron chi connectivity index (χ4n) is 1.93. The van der Waals surface area contributed by atoms with Crippen molar-refractivity contribution in [3.8, 4) is 5.75 Å². The lowest BCUT2D eigenvalue weighted by molar-refractivity contribution is 0.242. The van der Waals surface area contributed by atoms with Crippen molar-refractivity contribution >= 4 is 17.3 Å². The molecule has 1 N–H and O–H groups in total. The van der Waals surface area contributed by atoms with Crippen LogP contribution in [0.2, 0.25) is 5.02 Å². The van der Waals surface area contributed by atoms with Crippen LogP contribution in [0.1, 0.15) is 19.4 Å². The Labute approximate surface area is 125 Å². The van der Waals surface area contributed by atoms with Crippen LogP contribution in [-0.2, 0) is 6.42 Å². The number of anilines is 1. The first-order valence-electron chi connectivity index (χ1n) is 6.88. The van der Waals surface area contributed by atoms with Gasteiger partial charge in [-0.3, -0.25) is 0 Å². The molecule has 0 amide bonds. The van der Waals surface area contributed by atoms with E-state index in [0.717, 1.165) is 29.4 Å². The van der Waals surface area contributed by atoms with Crippen molar-refractivity contribution in [2.24, 2.45) is 0 Å². The Balaban J connectivity index is 1.80. The molecular formula is C17H20ClNO. The summed E-state index contributed by atoms with van der Waals surface area (Å²) in [6, 6.07) is 16.0. The molecule has 0 aromatic heterocycles. The van der Waals surface area contributed by atoms with Gasteiger partial charge in [0.2, 0.25) is 0 Å². The number of halogens is 1. The average Bonchev–Trinajstić information content (AvgIpc) is 2.42. The Kier molecular flexibility index (Phi) is 5.31. The van der Waals surface area contributed by atoms with Gasteiger partial charge in [0.1, 0.15) is 5.75 Å². The molecule has 0 atom stereocenters. The molecule has 0 aliphatic carbocycles. The van der Waals surface area contributed by atoms with Crippen molar-refractivity contribution in [2.75, 3.05) is 11.9 Å². The number of benzene rings is 2. The van der Waals surface area contributed by atoms with E-state index in [2.05, 4.69) is 17.4 Å². The van der Waals surface area contributed by atoms with Gasteiger partial charge in [-0.25, -0.2) is 0 Å². The SMILES string of the molecule is CC(C)Oc1ccc(NCCc2ccc(Cl)cc2)cc1. The van der Waals surface area contributed by atoms with Gasteiger partial charge < -0.3 is 10.1 Å². The van der Waals surface area contributed by atoms with Crippen LogP contribution in [-0.4, -0.2) is 12.6 Å². The Morgan fingerprint density at radius 1 is 1.00 bits per heavy atom. The molecule has 0 unspecified atom stereocenters. The summed E-state index contributed by atoms with van der Waals surface area (Å²) in [5.41, 5.74) is 2.39. The van der Waals surface area contributed by atoms with Crippen LogP contribution < -0.4 is 10.1 Å². The van der Waals surface area contributed by atoms with Crippen LogP contribution in [0.15, 0.2) is 48.5 Å². The van der Waals surface area contributed by atoms with Crippen molar-refractivity contribution in [1.82, 2.24) is 0 Å². The lowest BCUT2D eigenvalue weighted by Gasteiger charge is -2.11. The highest BCUT2D eigenvalue weighted by Gasteiger charge is 1.98. The van der Waals surface area contributed by atoms with E-state index in [4.69, 9.17) is 16.3 Å². The van der Waals surface area contributed by atoms with Crippen LogP contribution >= 0.6 is 11.6 Å². The molecule has 2 rings (SSSR count). The van der Waals surface area contributed by atoms with Gasteiger partial charge in [-0.1, -0.05) is 23.7 Å². The zero-order chi connectivity index (χ0) is 14.4. The average molecular weight is 290 g/mol. The van der Waals surface area contributed by atoms with E-state index in [9.17, 15) is 0 Å². The molecule has 0 saturated heterocycles. The number of hydrogen-bond acceptors (Lipinski definition) is 2. The van der Waals surface area contributed by atoms with Gasteiger partial charge >= 0.3 is 0 Å². The van der Waals surface area contributed by atoms with Crippen molar-refractivity contribution in [3.05, 3.63) is 59.1 Å². The third-order valence-electron chi connectivity index (χ3n) is 2.88. The fraction of sp³-hybridized carbons (Fsp3) is 0.294. The smallest absolute Gasteiger partial charge is 0.119 e. The van der Waals surface area contributed by atoms with Gasteiger partial charge in [0.05, 0.1) is 6.10 Å². The minimum Gasteiger partial charge on any atom is -0.491 e. The molecule has 2 aromatic rings. The lowest BCUT2D eigenvalue weighted by atomic mass is 10.1. The van der Waals surface area contributed by atoms with E-state index >= 15 is 0 Å². The van der Waals surface area contributed by atoms with Gasteiger partial charge in [-0.2, -0.15) is 0 Å². The van der Waals surface area contributed by atoms with Gasteiger partial charge in [0, 0.05) is 17.3 Å². The van der Waals surface area contributed by atoms with Gasteiger partial charge in [0.25, 0.3) is 0 Å². The molecule has 0 aliphatic rings. The zero-order valence-electron chi connectivity index (χ0n) is 11.9. The maximum atomic E-state index is 5.86. The van der Waals surface area contributed by atoms with E-state index in [-0.39, 0.29) is 6.10 Å². The Morgan fingerprint density at radius 3 is 2.25 bits per heavy atom. The topological polar surface area (TPSA) is 21.3 Å². The Hall–Kier alpha value is -1.67. The molecule has 106 valence electrons. The molecule has 0 aliphatic heterocycles. The van der Waals surface area contributed by atoms with E-state index in [1.54, 1.807) is 0 Å². The second-order valence-corrected chi connectivity index (χ2v) is 5.43. The third-order valence-corrected chi connectivity index (χ3v) is 3.13. The fourth-order valence-corrected chi connectivity index (χ4v) is 2.05. The van der Waals surface area contributed by atoms with E-state index < -0.39 is 0 Å². The first-order valence-corrected chi connectivity index (χ1v) is 7.26. The van der Waals surface area contributed by atoms with Crippen LogP contribution in [0.25, 0.3) is 0 Å². The molecule has 0 saturated carbocycles. The molecule has 3 heteroatoms. The highest BCUT2D eigenvalue weighted by atomic mass is 35.5. The molecule has 0 fully saturated rings. The summed E-state index contributed by atoms with van der Waals surface area (Å²) in [6.45, 7) is 4.95. The van der Waals surface area contributed by atoms with Crippen molar-refractivity contribution in [3.63, 3.8) is 0 Å². The summed E-state index contributed by atoms with van der Waals surface area (Å²) in [4.78, 5) is 0. The second-order valence-electron chi connectivity index (χ2n) is 4.99. The van der Waals surface area contributed by atoms with Crippen LogP contribution in [0, 0.1) is 0 Å². The summed E-state index contributed by atoms with van der Waals surface area (Å²) in [6.07, 6.45) is 1.18. The predicted molar refractivity (Wildman–Crippen MR) is 85.9 cm³/mol. The summed E-state index contributed by atoms with van der Waals surface area (Å²) < 4.78 is 5.61. The monoisotopic (exact) mass is 289 g/mol. The number of nitrogens with one attached hydrogen (secondary N) is 1. The molecule has 2 nitrogen and oxygen atoms in total. The maximum absolute atomic E-state index is 5.86. The first-order chi connectivity index (χ1) is 9.63. The first kappa shape index (κ1) is 14.7. The minimum atomic E-state index is 0.207. The number of hydrogen-bond donors (Lipinski definition) is 1. The largest absolute Gasteiger partial charge is 0.491 e. The van der Waals surface area contributed by atoms with E-state index in [1.807, 2.05) is 50.2 Å². The maximum Gasteiger partial charge on any atom is 0.119 e. The van der Waals surface area contributed by atoms with E-state index in [1.165, 1.54) is 5.56 Å². The molecule has 0 radical (unpaired) electrons. The van der Waals surface area contributed by atoms with Crippen molar-refractivity contribution < 1.29 is 4.74 Å². The lowest BCUT2D eigenvalue weighted by Crippen LogP contribution is -2.06. The Morgan fingerprint density at radius 2 is 1.65 bits per heavy atom. The molecule has 0 spiro atoms. The van der Waals surface area contributed by atoms with Crippen molar-refractivity contribution in [2.45, 2.75) is 26.4 Å². The summed E-state index contributed by atoms with van der Waals surface area (Å²) in [5.74, 6) is 0.906. The van der Waals surface area contributed by atoms with Gasteiger partial charge in [-0.15, -0.1) is 0 Å². The highest BCUT2D eigenvalue weighted by Crippen LogP contribution is 2.17. The van der Waals surface area contributed by atoms with E-state index in [0.29, 0.717) is 0 Å². The minimum absolute atomic E-state index is 0.207. The number of ether oxygens (including phenoxy) is 1. The molecule has 20 heavy (non-hydrogen) atoms. The predicted octanol–water partition coefficient (Wildman–Crippen LogP) is 4.78. The third kappa shape index (κ3) is 4.78. The summed E-state index contributed by atoms with van der Waals surface area (Å²) >= 11 is 5.86.